The number of carboxylic acid groups (broad SMARTS) is 1. The Morgan fingerprint density at radius 2 is 1.87 bits per heavy atom. The van der Waals surface area contributed by atoms with Gasteiger partial charge in [0.05, 0.1) is 28.4 Å². The number of nitrogens with two attached hydrogens (primary N) is 1. The predicted octanol–water partition coefficient (Wildman–Crippen LogP) is 5.35. The van der Waals surface area contributed by atoms with Crippen LogP contribution >= 0.6 is 11.6 Å². The SMILES string of the molecule is CC(C)C(N)C(=O)N(C)[C@H]1C[C@@H](c2cccc(C(F)(F)F)c2)CC[C@@H]1Nc1cc(F)c(S(=O)(=O)Nc2ccncn2)cc1Cl.O=CO. The van der Waals surface area contributed by atoms with Gasteiger partial charge in [0.2, 0.25) is 5.91 Å². The van der Waals surface area contributed by atoms with E-state index in [-0.39, 0.29) is 40.7 Å². The number of hydrogen-bond donors (Lipinski definition) is 4. The minimum atomic E-state index is -4.50. The number of hydrogen-bond acceptors (Lipinski definition) is 8. The van der Waals surface area contributed by atoms with E-state index in [4.69, 9.17) is 27.2 Å². The fraction of sp³-hybridized carbons (Fsp3) is 0.400. The smallest absolute Gasteiger partial charge is 0.416 e. The summed E-state index contributed by atoms with van der Waals surface area (Å²) in [5, 5.41) is 9.95. The third kappa shape index (κ3) is 9.51. The number of aromatic nitrogens is 2. The number of halogens is 5. The Bertz CT molecular complexity index is 1650. The molecule has 2 aromatic carbocycles. The first-order valence-electron chi connectivity index (χ1n) is 14.3. The summed E-state index contributed by atoms with van der Waals surface area (Å²) < 4.78 is 83.4. The molecule has 1 fully saturated rings. The Hall–Kier alpha value is -4.02. The summed E-state index contributed by atoms with van der Waals surface area (Å²) in [4.78, 5) is 29.9. The first-order valence-corrected chi connectivity index (χ1v) is 16.2. The molecule has 0 saturated heterocycles. The van der Waals surface area contributed by atoms with Crippen LogP contribution in [0.1, 0.15) is 50.2 Å². The number of anilines is 2. The van der Waals surface area contributed by atoms with Crippen molar-refractivity contribution in [1.82, 2.24) is 14.9 Å². The zero-order valence-electron chi connectivity index (χ0n) is 25.6. The number of alkyl halides is 3. The quantitative estimate of drug-likeness (QED) is 0.170. The summed E-state index contributed by atoms with van der Waals surface area (Å²) in [7, 11) is -2.82. The van der Waals surface area contributed by atoms with Gasteiger partial charge in [-0.3, -0.25) is 14.3 Å². The van der Waals surface area contributed by atoms with Gasteiger partial charge in [-0.05, 0) is 60.9 Å². The van der Waals surface area contributed by atoms with Crippen molar-refractivity contribution in [3.8, 4) is 0 Å². The lowest BCUT2D eigenvalue weighted by Crippen LogP contribution is -2.55. The van der Waals surface area contributed by atoms with Gasteiger partial charge in [0.15, 0.2) is 0 Å². The van der Waals surface area contributed by atoms with Gasteiger partial charge in [-0.2, -0.15) is 13.2 Å². The van der Waals surface area contributed by atoms with Crippen molar-refractivity contribution in [3.63, 3.8) is 0 Å². The lowest BCUT2D eigenvalue weighted by molar-refractivity contribution is -0.137. The summed E-state index contributed by atoms with van der Waals surface area (Å²) in [5.41, 5.74) is 5.98. The van der Waals surface area contributed by atoms with E-state index in [1.165, 1.54) is 23.2 Å². The van der Waals surface area contributed by atoms with Crippen LogP contribution in [0.25, 0.3) is 0 Å². The van der Waals surface area contributed by atoms with Crippen molar-refractivity contribution in [3.05, 3.63) is 77.0 Å². The third-order valence-corrected chi connectivity index (χ3v) is 9.51. The predicted molar refractivity (Wildman–Crippen MR) is 168 cm³/mol. The lowest BCUT2D eigenvalue weighted by Gasteiger charge is -2.43. The third-order valence-electron chi connectivity index (χ3n) is 7.82. The monoisotopic (exact) mass is 702 g/mol. The summed E-state index contributed by atoms with van der Waals surface area (Å²) in [6.07, 6.45) is -0.925. The molecule has 4 atom stereocenters. The molecule has 0 bridgehead atoms. The van der Waals surface area contributed by atoms with Crippen LogP contribution in [0.15, 0.2) is 59.9 Å². The molecule has 0 spiro atoms. The van der Waals surface area contributed by atoms with Crippen molar-refractivity contribution in [2.75, 3.05) is 17.1 Å². The van der Waals surface area contributed by atoms with Crippen LogP contribution in [-0.4, -0.2) is 65.9 Å². The highest BCUT2D eigenvalue weighted by Gasteiger charge is 2.39. The van der Waals surface area contributed by atoms with Gasteiger partial charge in [0.1, 0.15) is 22.9 Å². The van der Waals surface area contributed by atoms with Crippen LogP contribution in [0, 0.1) is 11.7 Å². The molecule has 1 aliphatic carbocycles. The molecule has 0 radical (unpaired) electrons. The minimum absolute atomic E-state index is 0.0644. The normalized spacial score (nSPS) is 18.8. The largest absolute Gasteiger partial charge is 0.483 e. The number of amides is 1. The Kier molecular flexibility index (Phi) is 12.5. The summed E-state index contributed by atoms with van der Waals surface area (Å²) in [5.74, 6) is -1.98. The number of carbonyl (C=O) groups is 2. The molecule has 3 aromatic rings. The molecular weight excluding hydrogens is 668 g/mol. The van der Waals surface area contributed by atoms with Gasteiger partial charge in [-0.15, -0.1) is 0 Å². The van der Waals surface area contributed by atoms with E-state index in [1.807, 2.05) is 0 Å². The Balaban J connectivity index is 0.00000192. The van der Waals surface area contributed by atoms with Gasteiger partial charge in [-0.25, -0.2) is 22.8 Å². The van der Waals surface area contributed by atoms with Crippen LogP contribution in [0.4, 0.5) is 29.1 Å². The van der Waals surface area contributed by atoms with E-state index in [2.05, 4.69) is 20.0 Å². The number of nitrogens with zero attached hydrogens (tertiary/aromatic N) is 3. The average molecular weight is 703 g/mol. The Morgan fingerprint density at radius 3 is 2.47 bits per heavy atom. The van der Waals surface area contributed by atoms with Crippen molar-refractivity contribution in [1.29, 1.82) is 0 Å². The maximum atomic E-state index is 15.3. The molecule has 256 valence electrons. The lowest BCUT2D eigenvalue weighted by atomic mass is 9.77. The Labute approximate surface area is 274 Å². The van der Waals surface area contributed by atoms with Crippen LogP contribution < -0.4 is 15.8 Å². The summed E-state index contributed by atoms with van der Waals surface area (Å²) in [6, 6.07) is 6.45. The van der Waals surface area contributed by atoms with Crippen molar-refractivity contribution < 1.29 is 40.7 Å². The molecule has 47 heavy (non-hydrogen) atoms. The van der Waals surface area contributed by atoms with Crippen molar-refractivity contribution in [2.24, 2.45) is 11.7 Å². The number of benzene rings is 2. The number of likely N-dealkylation sites (N-methyl/N-ethyl adjacent to an activating group) is 1. The second-order valence-corrected chi connectivity index (χ2v) is 13.3. The number of carbonyl (C=O) groups excluding carboxylic acids is 1. The number of sulfonamides is 1. The van der Waals surface area contributed by atoms with E-state index >= 15 is 4.39 Å². The zero-order chi connectivity index (χ0) is 35.1. The highest BCUT2D eigenvalue weighted by Crippen LogP contribution is 2.40. The molecule has 0 aliphatic heterocycles. The van der Waals surface area contributed by atoms with Crippen LogP contribution in [-0.2, 0) is 25.8 Å². The molecule has 1 unspecified atom stereocenters. The minimum Gasteiger partial charge on any atom is -0.483 e. The van der Waals surface area contributed by atoms with E-state index in [1.54, 1.807) is 27.0 Å². The summed E-state index contributed by atoms with van der Waals surface area (Å²) >= 11 is 6.44. The molecule has 1 aliphatic rings. The summed E-state index contributed by atoms with van der Waals surface area (Å²) in [6.45, 7) is 3.35. The molecule has 1 saturated carbocycles. The van der Waals surface area contributed by atoms with Gasteiger partial charge >= 0.3 is 6.18 Å². The molecule has 4 rings (SSSR count). The fourth-order valence-electron chi connectivity index (χ4n) is 5.29. The average Bonchev–Trinajstić information content (AvgIpc) is 3.02. The van der Waals surface area contributed by atoms with Gasteiger partial charge in [0.25, 0.3) is 16.5 Å². The molecule has 11 nitrogen and oxygen atoms in total. The number of nitrogens with one attached hydrogen (secondary N) is 2. The zero-order valence-corrected chi connectivity index (χ0v) is 27.2. The molecular formula is C30H35ClF4N6O5S. The van der Waals surface area contributed by atoms with E-state index < -0.39 is 50.6 Å². The number of rotatable bonds is 9. The molecule has 1 heterocycles. The molecule has 5 N–H and O–H groups in total. The second kappa shape index (κ2) is 15.7. The first kappa shape index (κ1) is 37.4. The topological polar surface area (TPSA) is 168 Å². The first-order chi connectivity index (χ1) is 22.0. The standard InChI is InChI=1S/C29H33ClF4N6O3S.CH2O2/c1-16(2)27(35)28(41)40(3)24-12-18(17-5-4-6-19(11-17)29(32,33)34)7-8-22(24)38-23-14-21(31)25(13-20(23)30)44(42,43)39-26-9-10-36-15-37-26;2-1-3/h4-6,9-11,13-16,18,22,24,27,38H,7-8,12,35H2,1-3H3,(H,36,37,39);1H,(H,2,3)/t18-,22-,24-,27?;/m0./s1. The van der Waals surface area contributed by atoms with Crippen LogP contribution in [0.2, 0.25) is 5.02 Å². The van der Waals surface area contributed by atoms with Gasteiger partial charge in [0, 0.05) is 19.3 Å². The van der Waals surface area contributed by atoms with E-state index in [9.17, 15) is 26.4 Å². The van der Waals surface area contributed by atoms with Crippen LogP contribution in [0.5, 0.6) is 0 Å². The maximum Gasteiger partial charge on any atom is 0.416 e. The van der Waals surface area contributed by atoms with E-state index in [0.717, 1.165) is 30.6 Å². The van der Waals surface area contributed by atoms with E-state index in [0.29, 0.717) is 24.8 Å². The highest BCUT2D eigenvalue weighted by atomic mass is 35.5. The second-order valence-electron chi connectivity index (χ2n) is 11.2. The molecule has 1 aromatic heterocycles. The van der Waals surface area contributed by atoms with Crippen LogP contribution in [0.3, 0.4) is 0 Å². The van der Waals surface area contributed by atoms with Crippen molar-refractivity contribution >= 4 is 45.5 Å². The van der Waals surface area contributed by atoms with Gasteiger partial charge < -0.3 is 21.1 Å². The fourth-order valence-corrected chi connectivity index (χ4v) is 6.66. The maximum absolute atomic E-state index is 15.3. The Morgan fingerprint density at radius 1 is 1.19 bits per heavy atom. The van der Waals surface area contributed by atoms with Gasteiger partial charge in [-0.1, -0.05) is 43.6 Å². The highest BCUT2D eigenvalue weighted by molar-refractivity contribution is 7.92. The van der Waals surface area contributed by atoms with Crippen molar-refractivity contribution in [2.45, 2.75) is 68.2 Å². The molecule has 17 heteroatoms. The molecule has 1 amide bonds.